The van der Waals surface area contributed by atoms with Crippen molar-refractivity contribution in [3.8, 4) is 0 Å². The Morgan fingerprint density at radius 2 is 2.00 bits per heavy atom. The molecule has 1 atom stereocenters. The van der Waals surface area contributed by atoms with Gasteiger partial charge in [0.25, 0.3) is 0 Å². The third kappa shape index (κ3) is 9.04. The fourth-order valence-corrected chi connectivity index (χ4v) is 2.65. The number of carbonyl (C=O) groups is 1. The number of carbonyl (C=O) groups excluding carboxylic acids is 1. The van der Waals surface area contributed by atoms with Gasteiger partial charge < -0.3 is 10.2 Å². The van der Waals surface area contributed by atoms with Crippen molar-refractivity contribution in [3.63, 3.8) is 0 Å². The van der Waals surface area contributed by atoms with E-state index in [1.54, 1.807) is 0 Å². The van der Waals surface area contributed by atoms with Crippen LogP contribution in [0.15, 0.2) is 0 Å². The Bertz CT molecular complexity index is 186. The van der Waals surface area contributed by atoms with E-state index in [9.17, 15) is 4.79 Å². The lowest BCUT2D eigenvalue weighted by Gasteiger charge is -2.20. The maximum Gasteiger partial charge on any atom is 0.221 e. The molecule has 0 fully saturated rings. The molecule has 0 spiro atoms. The van der Waals surface area contributed by atoms with Gasteiger partial charge in [-0.3, -0.25) is 4.79 Å². The van der Waals surface area contributed by atoms with E-state index >= 15 is 0 Å². The molecule has 96 valence electrons. The van der Waals surface area contributed by atoms with E-state index in [2.05, 4.69) is 38.2 Å². The number of thioether (sulfide) groups is 1. The highest BCUT2D eigenvalue weighted by molar-refractivity contribution is 7.99. The van der Waals surface area contributed by atoms with Gasteiger partial charge in [-0.25, -0.2) is 0 Å². The van der Waals surface area contributed by atoms with Crippen LogP contribution in [0.25, 0.3) is 0 Å². The Balaban J connectivity index is 3.92. The van der Waals surface area contributed by atoms with Crippen molar-refractivity contribution in [2.24, 2.45) is 0 Å². The molecular weight excluding hydrogens is 220 g/mol. The third-order valence-electron chi connectivity index (χ3n) is 2.11. The zero-order valence-corrected chi connectivity index (χ0v) is 11.9. The highest BCUT2D eigenvalue weighted by Gasteiger charge is 2.14. The number of nitrogens with one attached hydrogen (secondary N) is 1. The van der Waals surface area contributed by atoms with Crippen molar-refractivity contribution < 1.29 is 4.79 Å². The van der Waals surface area contributed by atoms with Crippen molar-refractivity contribution >= 4 is 17.7 Å². The SMILES string of the molecule is CCCNC(=O)CC(CN(C)C)SCCC. The van der Waals surface area contributed by atoms with Crippen LogP contribution in [0, 0.1) is 0 Å². The van der Waals surface area contributed by atoms with Crippen LogP contribution in [-0.4, -0.2) is 49.0 Å². The number of nitrogens with zero attached hydrogens (tertiary/aromatic N) is 1. The zero-order valence-electron chi connectivity index (χ0n) is 11.1. The van der Waals surface area contributed by atoms with Crippen molar-refractivity contribution in [2.75, 3.05) is 32.9 Å². The summed E-state index contributed by atoms with van der Waals surface area (Å²) >= 11 is 1.91. The zero-order chi connectivity index (χ0) is 12.4. The highest BCUT2D eigenvalue weighted by Crippen LogP contribution is 2.16. The molecule has 0 bridgehead atoms. The van der Waals surface area contributed by atoms with Crippen LogP contribution in [0.3, 0.4) is 0 Å². The van der Waals surface area contributed by atoms with E-state index in [4.69, 9.17) is 0 Å². The predicted molar refractivity (Wildman–Crippen MR) is 73.0 cm³/mol. The van der Waals surface area contributed by atoms with E-state index in [1.165, 1.54) is 6.42 Å². The van der Waals surface area contributed by atoms with Gasteiger partial charge in [0.2, 0.25) is 5.91 Å². The second kappa shape index (κ2) is 9.97. The largest absolute Gasteiger partial charge is 0.356 e. The van der Waals surface area contributed by atoms with Gasteiger partial charge in [-0.2, -0.15) is 11.8 Å². The average Bonchev–Trinajstić information content (AvgIpc) is 2.22. The first-order valence-electron chi connectivity index (χ1n) is 6.13. The van der Waals surface area contributed by atoms with Crippen molar-refractivity contribution in [2.45, 2.75) is 38.4 Å². The molecule has 0 radical (unpaired) electrons. The summed E-state index contributed by atoms with van der Waals surface area (Å²) in [6, 6.07) is 0. The minimum Gasteiger partial charge on any atom is -0.356 e. The van der Waals surface area contributed by atoms with Crippen LogP contribution >= 0.6 is 11.8 Å². The van der Waals surface area contributed by atoms with Gasteiger partial charge in [-0.15, -0.1) is 0 Å². The monoisotopic (exact) mass is 246 g/mol. The Morgan fingerprint density at radius 1 is 1.31 bits per heavy atom. The third-order valence-corrected chi connectivity index (χ3v) is 3.54. The maximum atomic E-state index is 11.6. The molecule has 0 heterocycles. The number of amides is 1. The molecule has 0 aliphatic heterocycles. The van der Waals surface area contributed by atoms with E-state index in [1.807, 2.05) is 11.8 Å². The van der Waals surface area contributed by atoms with E-state index < -0.39 is 0 Å². The standard InChI is InChI=1S/C12H26N2OS/c1-5-7-13-12(15)9-11(10-14(3)4)16-8-6-2/h11H,5-10H2,1-4H3,(H,13,15). The lowest BCUT2D eigenvalue weighted by molar-refractivity contribution is -0.121. The second-order valence-corrected chi connectivity index (χ2v) is 5.72. The molecule has 16 heavy (non-hydrogen) atoms. The van der Waals surface area contributed by atoms with Gasteiger partial charge in [0.15, 0.2) is 0 Å². The van der Waals surface area contributed by atoms with Gasteiger partial charge in [0, 0.05) is 24.8 Å². The summed E-state index contributed by atoms with van der Waals surface area (Å²) in [5.74, 6) is 1.33. The van der Waals surface area contributed by atoms with Crippen LogP contribution < -0.4 is 5.32 Å². The minimum absolute atomic E-state index is 0.192. The molecule has 0 saturated carbocycles. The molecule has 0 rings (SSSR count). The number of hydrogen-bond donors (Lipinski definition) is 1. The average molecular weight is 246 g/mol. The summed E-state index contributed by atoms with van der Waals surface area (Å²) in [7, 11) is 4.12. The summed E-state index contributed by atoms with van der Waals surface area (Å²) in [5.41, 5.74) is 0. The molecule has 4 heteroatoms. The summed E-state index contributed by atoms with van der Waals surface area (Å²) < 4.78 is 0. The van der Waals surface area contributed by atoms with Crippen LogP contribution in [0.5, 0.6) is 0 Å². The first kappa shape index (κ1) is 15.8. The molecule has 0 aromatic rings. The summed E-state index contributed by atoms with van der Waals surface area (Å²) in [6.07, 6.45) is 2.82. The molecule has 0 saturated heterocycles. The first-order chi connectivity index (χ1) is 7.60. The van der Waals surface area contributed by atoms with Crippen molar-refractivity contribution in [1.82, 2.24) is 10.2 Å². The minimum atomic E-state index is 0.192. The van der Waals surface area contributed by atoms with E-state index in [0.717, 1.165) is 25.3 Å². The summed E-state index contributed by atoms with van der Waals surface area (Å²) in [6.45, 7) is 6.02. The Labute approximate surface area is 104 Å². The lowest BCUT2D eigenvalue weighted by Crippen LogP contribution is -2.32. The van der Waals surface area contributed by atoms with Gasteiger partial charge in [0.05, 0.1) is 0 Å². The molecule has 3 nitrogen and oxygen atoms in total. The first-order valence-corrected chi connectivity index (χ1v) is 7.18. The van der Waals surface area contributed by atoms with Gasteiger partial charge >= 0.3 is 0 Å². The van der Waals surface area contributed by atoms with Crippen molar-refractivity contribution in [1.29, 1.82) is 0 Å². The smallest absolute Gasteiger partial charge is 0.221 e. The molecule has 1 unspecified atom stereocenters. The highest BCUT2D eigenvalue weighted by atomic mass is 32.2. The van der Waals surface area contributed by atoms with E-state index in [0.29, 0.717) is 11.7 Å². The predicted octanol–water partition coefficient (Wildman–Crippen LogP) is 1.98. The molecule has 0 aromatic heterocycles. The molecule has 1 amide bonds. The molecular formula is C12H26N2OS. The topological polar surface area (TPSA) is 32.3 Å². The van der Waals surface area contributed by atoms with Crippen LogP contribution in [-0.2, 0) is 4.79 Å². The lowest BCUT2D eigenvalue weighted by atomic mass is 10.2. The molecule has 0 aliphatic rings. The fourth-order valence-electron chi connectivity index (χ4n) is 1.41. The fraction of sp³-hybridized carbons (Fsp3) is 0.917. The van der Waals surface area contributed by atoms with Crippen LogP contribution in [0.4, 0.5) is 0 Å². The van der Waals surface area contributed by atoms with Gasteiger partial charge in [0.1, 0.15) is 0 Å². The van der Waals surface area contributed by atoms with Crippen LogP contribution in [0.2, 0.25) is 0 Å². The van der Waals surface area contributed by atoms with E-state index in [-0.39, 0.29) is 5.91 Å². The Hall–Kier alpha value is -0.220. The molecule has 0 aromatic carbocycles. The Kier molecular flexibility index (Phi) is 9.83. The van der Waals surface area contributed by atoms with Gasteiger partial charge in [-0.1, -0.05) is 13.8 Å². The number of hydrogen-bond acceptors (Lipinski definition) is 3. The van der Waals surface area contributed by atoms with Gasteiger partial charge in [-0.05, 0) is 32.7 Å². The summed E-state index contributed by atoms with van der Waals surface area (Å²) in [5, 5.41) is 3.36. The second-order valence-electron chi connectivity index (χ2n) is 4.31. The van der Waals surface area contributed by atoms with Crippen molar-refractivity contribution in [3.05, 3.63) is 0 Å². The summed E-state index contributed by atoms with van der Waals surface area (Å²) in [4.78, 5) is 13.8. The number of rotatable bonds is 9. The molecule has 1 N–H and O–H groups in total. The normalized spacial score (nSPS) is 12.8. The quantitative estimate of drug-likeness (QED) is 0.675. The maximum absolute atomic E-state index is 11.6. The molecule has 0 aliphatic carbocycles. The van der Waals surface area contributed by atoms with Crippen LogP contribution in [0.1, 0.15) is 33.1 Å². The Morgan fingerprint density at radius 3 is 2.50 bits per heavy atom.